The standard InChI is InChI=1S/C21H26F3N7O2/c1-12(2)17(33-19(25)32)5-4-8-26-18-15(21(22,23)24)11-27-20(30-18)29-14-7-6-13-10-28-31(3)16(13)9-14/h6-7,9-12,17H,4-5,8H2,1-3H3,(H2,25,32)(H2,26,27,29,30). The number of rotatable bonds is 9. The van der Waals surface area contributed by atoms with Crippen LogP contribution >= 0.6 is 0 Å². The highest BCUT2D eigenvalue weighted by Gasteiger charge is 2.35. The molecule has 3 rings (SSSR count). The first kappa shape index (κ1) is 24.1. The minimum absolute atomic E-state index is 0.0177. The fourth-order valence-corrected chi connectivity index (χ4v) is 3.32. The number of hydrogen-bond acceptors (Lipinski definition) is 7. The van der Waals surface area contributed by atoms with Crippen LogP contribution in [0.1, 0.15) is 32.3 Å². The number of benzene rings is 1. The molecule has 0 aliphatic rings. The molecule has 12 heteroatoms. The first-order chi connectivity index (χ1) is 15.5. The summed E-state index contributed by atoms with van der Waals surface area (Å²) in [5.41, 5.74) is 5.57. The number of carbonyl (C=O) groups is 1. The lowest BCUT2D eigenvalue weighted by Gasteiger charge is -2.20. The van der Waals surface area contributed by atoms with Crippen molar-refractivity contribution in [3.8, 4) is 0 Å². The number of nitrogens with one attached hydrogen (secondary N) is 2. The van der Waals surface area contributed by atoms with Gasteiger partial charge in [0.05, 0.1) is 11.7 Å². The molecule has 1 atom stereocenters. The fraction of sp³-hybridized carbons (Fsp3) is 0.429. The van der Waals surface area contributed by atoms with Crippen LogP contribution in [0.25, 0.3) is 10.9 Å². The number of hydrogen-bond donors (Lipinski definition) is 3. The van der Waals surface area contributed by atoms with Gasteiger partial charge in [0, 0.05) is 30.9 Å². The lowest BCUT2D eigenvalue weighted by molar-refractivity contribution is -0.137. The topological polar surface area (TPSA) is 120 Å². The van der Waals surface area contributed by atoms with Gasteiger partial charge in [0.1, 0.15) is 17.5 Å². The molecule has 0 aliphatic carbocycles. The van der Waals surface area contributed by atoms with Crippen molar-refractivity contribution in [1.82, 2.24) is 19.7 Å². The second-order valence-corrected chi connectivity index (χ2v) is 7.91. The molecule has 0 saturated heterocycles. The number of aryl methyl sites for hydroxylation is 1. The molecule has 0 bridgehead atoms. The molecule has 3 aromatic rings. The van der Waals surface area contributed by atoms with Crippen molar-refractivity contribution in [3.05, 3.63) is 36.2 Å². The Morgan fingerprint density at radius 1 is 1.27 bits per heavy atom. The zero-order valence-electron chi connectivity index (χ0n) is 18.5. The normalized spacial score (nSPS) is 12.7. The maximum absolute atomic E-state index is 13.5. The molecule has 1 amide bonds. The van der Waals surface area contributed by atoms with Gasteiger partial charge in [-0.3, -0.25) is 4.68 Å². The third kappa shape index (κ3) is 6.24. The SMILES string of the molecule is CC(C)C(CCCNc1nc(Nc2ccc3cnn(C)c3c2)ncc1C(F)(F)F)OC(N)=O. The van der Waals surface area contributed by atoms with Crippen LogP contribution in [0.5, 0.6) is 0 Å². The molecule has 178 valence electrons. The summed E-state index contributed by atoms with van der Waals surface area (Å²) in [6.45, 7) is 3.92. The van der Waals surface area contributed by atoms with Crippen LogP contribution in [0, 0.1) is 5.92 Å². The monoisotopic (exact) mass is 465 g/mol. The van der Waals surface area contributed by atoms with Crippen molar-refractivity contribution in [2.45, 2.75) is 39.0 Å². The van der Waals surface area contributed by atoms with Gasteiger partial charge in [-0.2, -0.15) is 23.3 Å². The number of carbonyl (C=O) groups excluding carboxylic acids is 1. The summed E-state index contributed by atoms with van der Waals surface area (Å²) in [6, 6.07) is 5.41. The second-order valence-electron chi connectivity index (χ2n) is 7.91. The average molecular weight is 465 g/mol. The van der Waals surface area contributed by atoms with Crippen LogP contribution in [-0.2, 0) is 18.0 Å². The number of alkyl halides is 3. The number of fused-ring (bicyclic) bond motifs is 1. The third-order valence-corrected chi connectivity index (χ3v) is 5.07. The molecule has 0 aliphatic heterocycles. The number of nitrogens with two attached hydrogens (primary N) is 1. The van der Waals surface area contributed by atoms with E-state index in [2.05, 4.69) is 25.7 Å². The van der Waals surface area contributed by atoms with E-state index in [1.165, 1.54) is 0 Å². The minimum atomic E-state index is -4.62. The predicted molar refractivity (Wildman–Crippen MR) is 118 cm³/mol. The predicted octanol–water partition coefficient (Wildman–Crippen LogP) is 4.44. The summed E-state index contributed by atoms with van der Waals surface area (Å²) in [6.07, 6.45) is -2.58. The van der Waals surface area contributed by atoms with E-state index < -0.39 is 23.9 Å². The Hall–Kier alpha value is -3.57. The maximum atomic E-state index is 13.5. The van der Waals surface area contributed by atoms with Gasteiger partial charge in [0.15, 0.2) is 0 Å². The van der Waals surface area contributed by atoms with E-state index >= 15 is 0 Å². The molecule has 9 nitrogen and oxygen atoms in total. The summed E-state index contributed by atoms with van der Waals surface area (Å²) in [7, 11) is 1.79. The highest BCUT2D eigenvalue weighted by atomic mass is 19.4. The quantitative estimate of drug-likeness (QED) is 0.400. The van der Waals surface area contributed by atoms with Crippen LogP contribution in [0.3, 0.4) is 0 Å². The van der Waals surface area contributed by atoms with Gasteiger partial charge in [0.2, 0.25) is 5.95 Å². The summed E-state index contributed by atoms with van der Waals surface area (Å²) in [5.74, 6) is -0.294. The Labute approximate surface area is 188 Å². The van der Waals surface area contributed by atoms with E-state index in [-0.39, 0.29) is 24.2 Å². The van der Waals surface area contributed by atoms with Crippen molar-refractivity contribution >= 4 is 34.4 Å². The third-order valence-electron chi connectivity index (χ3n) is 5.07. The van der Waals surface area contributed by atoms with Crippen molar-refractivity contribution < 1.29 is 22.7 Å². The van der Waals surface area contributed by atoms with Gasteiger partial charge in [-0.1, -0.05) is 13.8 Å². The van der Waals surface area contributed by atoms with E-state index in [9.17, 15) is 18.0 Å². The summed E-state index contributed by atoms with van der Waals surface area (Å²) in [4.78, 5) is 18.9. The number of anilines is 3. The summed E-state index contributed by atoms with van der Waals surface area (Å²) in [5, 5.41) is 10.8. The Morgan fingerprint density at radius 3 is 2.70 bits per heavy atom. The zero-order valence-corrected chi connectivity index (χ0v) is 18.5. The van der Waals surface area contributed by atoms with Crippen molar-refractivity contribution in [1.29, 1.82) is 0 Å². The van der Waals surface area contributed by atoms with Crippen molar-refractivity contribution in [2.24, 2.45) is 18.7 Å². The molecule has 2 aromatic heterocycles. The number of amides is 1. The number of halogens is 3. The maximum Gasteiger partial charge on any atom is 0.421 e. The largest absolute Gasteiger partial charge is 0.446 e. The summed E-state index contributed by atoms with van der Waals surface area (Å²) >= 11 is 0. The molecular formula is C21H26F3N7O2. The van der Waals surface area contributed by atoms with Gasteiger partial charge >= 0.3 is 12.3 Å². The first-order valence-corrected chi connectivity index (χ1v) is 10.4. The Bertz CT molecular complexity index is 1110. The molecule has 0 spiro atoms. The molecule has 0 fully saturated rings. The van der Waals surface area contributed by atoms with Crippen LogP contribution in [0.15, 0.2) is 30.6 Å². The van der Waals surface area contributed by atoms with Gasteiger partial charge in [-0.15, -0.1) is 0 Å². The molecular weight excluding hydrogens is 439 g/mol. The van der Waals surface area contributed by atoms with Crippen LogP contribution < -0.4 is 16.4 Å². The zero-order chi connectivity index (χ0) is 24.2. The molecule has 33 heavy (non-hydrogen) atoms. The lowest BCUT2D eigenvalue weighted by atomic mass is 10.0. The van der Waals surface area contributed by atoms with Gasteiger partial charge in [-0.05, 0) is 37.0 Å². The minimum Gasteiger partial charge on any atom is -0.446 e. The highest BCUT2D eigenvalue weighted by molar-refractivity contribution is 5.83. The number of nitrogens with zero attached hydrogens (tertiary/aromatic N) is 4. The second kappa shape index (κ2) is 9.92. The van der Waals surface area contributed by atoms with Crippen molar-refractivity contribution in [2.75, 3.05) is 17.2 Å². The molecule has 1 aromatic carbocycles. The number of primary amides is 1. The van der Waals surface area contributed by atoms with Crippen molar-refractivity contribution in [3.63, 3.8) is 0 Å². The fourth-order valence-electron chi connectivity index (χ4n) is 3.32. The first-order valence-electron chi connectivity index (χ1n) is 10.4. The van der Waals surface area contributed by atoms with Crippen LogP contribution in [-0.4, -0.2) is 38.5 Å². The average Bonchev–Trinajstić information content (AvgIpc) is 3.09. The van der Waals surface area contributed by atoms with E-state index in [4.69, 9.17) is 10.5 Å². The van der Waals surface area contributed by atoms with E-state index in [0.717, 1.165) is 17.1 Å². The lowest BCUT2D eigenvalue weighted by Crippen LogP contribution is -2.27. The molecule has 0 saturated carbocycles. The van der Waals surface area contributed by atoms with Gasteiger partial charge < -0.3 is 21.1 Å². The van der Waals surface area contributed by atoms with Gasteiger partial charge in [0.25, 0.3) is 0 Å². The van der Waals surface area contributed by atoms with E-state index in [0.29, 0.717) is 18.5 Å². The van der Waals surface area contributed by atoms with E-state index in [1.54, 1.807) is 30.1 Å². The Kier molecular flexibility index (Phi) is 7.24. The molecule has 1 unspecified atom stereocenters. The Balaban J connectivity index is 1.73. The Morgan fingerprint density at radius 2 is 2.03 bits per heavy atom. The van der Waals surface area contributed by atoms with Crippen LogP contribution in [0.4, 0.5) is 35.4 Å². The van der Waals surface area contributed by atoms with Gasteiger partial charge in [-0.25, -0.2) is 9.78 Å². The smallest absolute Gasteiger partial charge is 0.421 e. The summed E-state index contributed by atoms with van der Waals surface area (Å²) < 4.78 is 47.1. The van der Waals surface area contributed by atoms with Crippen LogP contribution in [0.2, 0.25) is 0 Å². The molecule has 0 radical (unpaired) electrons. The highest BCUT2D eigenvalue weighted by Crippen LogP contribution is 2.34. The van der Waals surface area contributed by atoms with E-state index in [1.807, 2.05) is 19.9 Å². The molecule has 2 heterocycles. The number of aromatic nitrogens is 4. The molecule has 4 N–H and O–H groups in total. The number of ether oxygens (including phenoxy) is 1.